The van der Waals surface area contributed by atoms with E-state index in [2.05, 4.69) is 10.6 Å². The number of carbonyl (C=O) groups excluding carboxylic acids is 1. The van der Waals surface area contributed by atoms with E-state index in [-0.39, 0.29) is 24.3 Å². The van der Waals surface area contributed by atoms with Crippen molar-refractivity contribution in [1.29, 1.82) is 0 Å². The van der Waals surface area contributed by atoms with Crippen LogP contribution in [0.25, 0.3) is 0 Å². The van der Waals surface area contributed by atoms with E-state index >= 15 is 0 Å². The predicted octanol–water partition coefficient (Wildman–Crippen LogP) is 1.60. The van der Waals surface area contributed by atoms with Crippen molar-refractivity contribution in [1.82, 2.24) is 10.6 Å². The molecule has 3 N–H and O–H groups in total. The highest BCUT2D eigenvalue weighted by atomic mass is 19.1. The standard InChI is InChI=1S/C15H19FN2O3/c1-10(11-3-5-12(16)6-4-11)18-13(19)9-17-15(14(20)21)7-2-8-15/h3-6,10,17H,2,7-9H2,1H3,(H,18,19)(H,20,21). The van der Waals surface area contributed by atoms with Gasteiger partial charge in [0.25, 0.3) is 0 Å². The fourth-order valence-electron chi connectivity index (χ4n) is 2.37. The van der Waals surface area contributed by atoms with Crippen molar-refractivity contribution in [2.75, 3.05) is 6.54 Å². The van der Waals surface area contributed by atoms with Crippen molar-refractivity contribution in [3.05, 3.63) is 35.6 Å². The molecule has 1 aliphatic carbocycles. The molecule has 1 atom stereocenters. The van der Waals surface area contributed by atoms with Gasteiger partial charge in [-0.1, -0.05) is 12.1 Å². The van der Waals surface area contributed by atoms with Gasteiger partial charge in [-0.05, 0) is 43.9 Å². The quantitative estimate of drug-likeness (QED) is 0.744. The first-order chi connectivity index (χ1) is 9.93. The average molecular weight is 294 g/mol. The molecule has 1 saturated carbocycles. The average Bonchev–Trinajstić information content (AvgIpc) is 2.37. The first-order valence-electron chi connectivity index (χ1n) is 6.96. The van der Waals surface area contributed by atoms with Crippen LogP contribution in [0.1, 0.15) is 37.8 Å². The van der Waals surface area contributed by atoms with Crippen LogP contribution in [-0.2, 0) is 9.59 Å². The molecule has 0 aromatic heterocycles. The molecule has 0 radical (unpaired) electrons. The number of hydrogen-bond acceptors (Lipinski definition) is 3. The lowest BCUT2D eigenvalue weighted by Gasteiger charge is -2.38. The molecule has 0 saturated heterocycles. The van der Waals surface area contributed by atoms with Gasteiger partial charge in [-0.15, -0.1) is 0 Å². The molecule has 0 aliphatic heterocycles. The molecule has 6 heteroatoms. The summed E-state index contributed by atoms with van der Waals surface area (Å²) in [5.74, 6) is -1.51. The van der Waals surface area contributed by atoms with Crippen molar-refractivity contribution in [3.8, 4) is 0 Å². The van der Waals surface area contributed by atoms with Gasteiger partial charge >= 0.3 is 5.97 Å². The maximum Gasteiger partial charge on any atom is 0.323 e. The highest BCUT2D eigenvalue weighted by molar-refractivity contribution is 5.83. The first-order valence-corrected chi connectivity index (χ1v) is 6.96. The van der Waals surface area contributed by atoms with Crippen LogP contribution < -0.4 is 10.6 Å². The van der Waals surface area contributed by atoms with Crippen LogP contribution in [-0.4, -0.2) is 29.1 Å². The second kappa shape index (κ2) is 6.22. The number of rotatable bonds is 6. The Kier molecular flexibility index (Phi) is 4.57. The van der Waals surface area contributed by atoms with E-state index in [1.54, 1.807) is 19.1 Å². The maximum atomic E-state index is 12.8. The van der Waals surface area contributed by atoms with Crippen molar-refractivity contribution < 1.29 is 19.1 Å². The minimum Gasteiger partial charge on any atom is -0.480 e. The Labute approximate surface area is 122 Å². The van der Waals surface area contributed by atoms with Crippen LogP contribution in [0, 0.1) is 5.82 Å². The number of amides is 1. The molecule has 0 heterocycles. The van der Waals surface area contributed by atoms with Crippen molar-refractivity contribution >= 4 is 11.9 Å². The zero-order chi connectivity index (χ0) is 15.5. The van der Waals surface area contributed by atoms with Crippen molar-refractivity contribution in [2.45, 2.75) is 37.8 Å². The smallest absolute Gasteiger partial charge is 0.323 e. The molecule has 0 spiro atoms. The minimum atomic E-state index is -0.948. The number of aliphatic carboxylic acids is 1. The number of carbonyl (C=O) groups is 2. The summed E-state index contributed by atoms with van der Waals surface area (Å²) in [4.78, 5) is 23.0. The van der Waals surface area contributed by atoms with E-state index in [1.807, 2.05) is 0 Å². The predicted molar refractivity (Wildman–Crippen MR) is 75.2 cm³/mol. The number of carboxylic acids is 1. The molecule has 2 rings (SSSR count). The van der Waals surface area contributed by atoms with Gasteiger partial charge in [0.05, 0.1) is 12.6 Å². The SMILES string of the molecule is CC(NC(=O)CNC1(C(=O)O)CCC1)c1ccc(F)cc1. The van der Waals surface area contributed by atoms with Gasteiger partial charge in [0.15, 0.2) is 0 Å². The van der Waals surface area contributed by atoms with Gasteiger partial charge in [-0.25, -0.2) is 4.39 Å². The third-order valence-electron chi connectivity index (χ3n) is 3.95. The Bertz CT molecular complexity index is 526. The van der Waals surface area contributed by atoms with E-state index in [0.29, 0.717) is 12.8 Å². The Morgan fingerprint density at radius 2 is 1.95 bits per heavy atom. The van der Waals surface area contributed by atoms with Crippen LogP contribution in [0.5, 0.6) is 0 Å². The van der Waals surface area contributed by atoms with Crippen molar-refractivity contribution in [3.63, 3.8) is 0 Å². The zero-order valence-electron chi connectivity index (χ0n) is 11.9. The molecule has 1 aromatic carbocycles. The van der Waals surface area contributed by atoms with Gasteiger partial charge in [0, 0.05) is 0 Å². The van der Waals surface area contributed by atoms with Gasteiger partial charge in [0.2, 0.25) is 5.91 Å². The van der Waals surface area contributed by atoms with E-state index in [4.69, 9.17) is 5.11 Å². The third-order valence-corrected chi connectivity index (χ3v) is 3.95. The lowest BCUT2D eigenvalue weighted by Crippen LogP contribution is -2.59. The number of halogens is 1. The molecule has 1 fully saturated rings. The third kappa shape index (κ3) is 3.58. The number of nitrogens with one attached hydrogen (secondary N) is 2. The van der Waals surface area contributed by atoms with Gasteiger partial charge in [-0.2, -0.15) is 0 Å². The molecule has 1 aliphatic rings. The Morgan fingerprint density at radius 3 is 2.43 bits per heavy atom. The largest absolute Gasteiger partial charge is 0.480 e. The lowest BCUT2D eigenvalue weighted by molar-refractivity contribution is -0.149. The molecule has 114 valence electrons. The molecule has 5 nitrogen and oxygen atoms in total. The summed E-state index contributed by atoms with van der Waals surface area (Å²) in [7, 11) is 0. The summed E-state index contributed by atoms with van der Waals surface area (Å²) in [5, 5.41) is 14.7. The molecule has 21 heavy (non-hydrogen) atoms. The lowest BCUT2D eigenvalue weighted by atomic mass is 9.77. The summed E-state index contributed by atoms with van der Waals surface area (Å²) in [6, 6.07) is 5.63. The second-order valence-electron chi connectivity index (χ2n) is 5.44. The number of hydrogen-bond donors (Lipinski definition) is 3. The summed E-state index contributed by atoms with van der Waals surface area (Å²) >= 11 is 0. The van der Waals surface area contributed by atoms with Crippen LogP contribution in [0.3, 0.4) is 0 Å². The fraction of sp³-hybridized carbons (Fsp3) is 0.467. The molecule has 1 amide bonds. The fourth-order valence-corrected chi connectivity index (χ4v) is 2.37. The Balaban J connectivity index is 1.84. The second-order valence-corrected chi connectivity index (χ2v) is 5.44. The first kappa shape index (κ1) is 15.4. The van der Waals surface area contributed by atoms with Crippen LogP contribution in [0.15, 0.2) is 24.3 Å². The number of carboxylic acid groups (broad SMARTS) is 1. The molecule has 0 bridgehead atoms. The van der Waals surface area contributed by atoms with E-state index < -0.39 is 11.5 Å². The van der Waals surface area contributed by atoms with Crippen LogP contribution in [0.2, 0.25) is 0 Å². The van der Waals surface area contributed by atoms with Gasteiger partial charge in [0.1, 0.15) is 11.4 Å². The molecular weight excluding hydrogens is 275 g/mol. The van der Waals surface area contributed by atoms with E-state index in [0.717, 1.165) is 12.0 Å². The van der Waals surface area contributed by atoms with Gasteiger partial charge in [-0.3, -0.25) is 14.9 Å². The monoisotopic (exact) mass is 294 g/mol. The summed E-state index contributed by atoms with van der Waals surface area (Å²) < 4.78 is 12.8. The van der Waals surface area contributed by atoms with Crippen LogP contribution in [0.4, 0.5) is 4.39 Å². The molecule has 1 aromatic rings. The summed E-state index contributed by atoms with van der Waals surface area (Å²) in [6.45, 7) is 1.75. The normalized spacial score (nSPS) is 17.6. The maximum absolute atomic E-state index is 12.8. The minimum absolute atomic E-state index is 0.0438. The van der Waals surface area contributed by atoms with Crippen LogP contribution >= 0.6 is 0 Å². The molecular formula is C15H19FN2O3. The molecule has 1 unspecified atom stereocenters. The Hall–Kier alpha value is -1.95. The zero-order valence-corrected chi connectivity index (χ0v) is 11.9. The van der Waals surface area contributed by atoms with E-state index in [1.165, 1.54) is 12.1 Å². The highest BCUT2D eigenvalue weighted by Crippen LogP contribution is 2.31. The van der Waals surface area contributed by atoms with Crippen molar-refractivity contribution in [2.24, 2.45) is 0 Å². The topological polar surface area (TPSA) is 78.4 Å². The number of benzene rings is 1. The van der Waals surface area contributed by atoms with Gasteiger partial charge < -0.3 is 10.4 Å². The highest BCUT2D eigenvalue weighted by Gasteiger charge is 2.44. The summed E-state index contributed by atoms with van der Waals surface area (Å²) in [6.07, 6.45) is 1.94. The summed E-state index contributed by atoms with van der Waals surface area (Å²) in [5.41, 5.74) is -0.155. The Morgan fingerprint density at radius 1 is 1.33 bits per heavy atom. The van der Waals surface area contributed by atoms with E-state index in [9.17, 15) is 14.0 Å².